The molecule has 4 rings (SSSR count). The van der Waals surface area contributed by atoms with E-state index in [-0.39, 0.29) is 11.1 Å². The first-order valence-electron chi connectivity index (χ1n) is 10.6. The fourth-order valence-electron chi connectivity index (χ4n) is 4.10. The summed E-state index contributed by atoms with van der Waals surface area (Å²) in [7, 11) is 6.13. The number of hydrogen-bond donors (Lipinski definition) is 1. The molecule has 10 heteroatoms. The molecule has 3 aromatic rings. The van der Waals surface area contributed by atoms with Crippen LogP contribution in [0.4, 0.5) is 0 Å². The second kappa shape index (κ2) is 9.67. The normalized spacial score (nSPS) is 15.3. The summed E-state index contributed by atoms with van der Waals surface area (Å²) in [5, 5.41) is 0. The Balaban J connectivity index is 1.96. The Hall–Kier alpha value is -4.05. The Morgan fingerprint density at radius 1 is 1.06 bits per heavy atom. The van der Waals surface area contributed by atoms with Crippen LogP contribution in [0, 0.1) is 0 Å². The van der Waals surface area contributed by atoms with E-state index in [9.17, 15) is 9.59 Å². The first-order chi connectivity index (χ1) is 16.8. The molecule has 0 aliphatic carbocycles. The Bertz CT molecular complexity index is 1490. The summed E-state index contributed by atoms with van der Waals surface area (Å²) in [6.45, 7) is 1.71. The lowest BCUT2D eigenvalue weighted by molar-refractivity contribution is -0.115. The number of hydrogen-bond acceptors (Lipinski definition) is 8. The average molecular weight is 496 g/mol. The largest absolute Gasteiger partial charge is 0.497 e. The number of carbonyl (C=O) groups is 1. The van der Waals surface area contributed by atoms with Crippen LogP contribution in [0.5, 0.6) is 23.0 Å². The second-order valence-corrected chi connectivity index (χ2v) is 8.69. The minimum Gasteiger partial charge on any atom is -0.497 e. The van der Waals surface area contributed by atoms with Crippen molar-refractivity contribution < 1.29 is 23.7 Å². The standard InChI is InChI=1S/C25H25N3O6S/c1-13-20(23(26)29)21(15-7-6-8-16(12-15)31-2)28-24(30)19(35-25(28)27-13)11-14-9-17(32-3)22(34-5)18(10-14)33-4/h6-12,21H,1-5H3,(H2,26,29). The van der Waals surface area contributed by atoms with Crippen molar-refractivity contribution in [1.29, 1.82) is 0 Å². The maximum Gasteiger partial charge on any atom is 0.271 e. The number of nitrogens with two attached hydrogens (primary N) is 1. The number of ether oxygens (including phenoxy) is 4. The molecule has 0 spiro atoms. The molecule has 0 fully saturated rings. The van der Waals surface area contributed by atoms with Crippen molar-refractivity contribution in [1.82, 2.24) is 4.57 Å². The van der Waals surface area contributed by atoms with Gasteiger partial charge in [-0.25, -0.2) is 4.99 Å². The van der Waals surface area contributed by atoms with E-state index in [1.54, 1.807) is 50.4 Å². The highest BCUT2D eigenvalue weighted by atomic mass is 32.1. The van der Waals surface area contributed by atoms with Crippen molar-refractivity contribution in [3.63, 3.8) is 0 Å². The van der Waals surface area contributed by atoms with E-state index in [2.05, 4.69) is 4.99 Å². The number of carbonyl (C=O) groups excluding carboxylic acids is 1. The Kier molecular flexibility index (Phi) is 6.65. The first-order valence-corrected chi connectivity index (χ1v) is 11.4. The molecule has 2 N–H and O–H groups in total. The molecule has 9 nitrogen and oxygen atoms in total. The highest BCUT2D eigenvalue weighted by Gasteiger charge is 2.31. The third-order valence-electron chi connectivity index (χ3n) is 5.68. The second-order valence-electron chi connectivity index (χ2n) is 7.68. The summed E-state index contributed by atoms with van der Waals surface area (Å²) in [6.07, 6.45) is 1.72. The van der Waals surface area contributed by atoms with Gasteiger partial charge in [-0.3, -0.25) is 14.2 Å². The van der Waals surface area contributed by atoms with Crippen LogP contribution in [-0.4, -0.2) is 38.9 Å². The average Bonchev–Trinajstić information content (AvgIpc) is 3.16. The molecular weight excluding hydrogens is 470 g/mol. The Labute approximate surface area is 205 Å². The van der Waals surface area contributed by atoms with Gasteiger partial charge in [-0.1, -0.05) is 23.5 Å². The van der Waals surface area contributed by atoms with E-state index in [1.165, 1.54) is 37.2 Å². The maximum atomic E-state index is 13.7. The zero-order valence-corrected chi connectivity index (χ0v) is 20.8. The summed E-state index contributed by atoms with van der Waals surface area (Å²) >= 11 is 1.22. The van der Waals surface area contributed by atoms with Crippen LogP contribution < -0.4 is 39.6 Å². The minimum absolute atomic E-state index is 0.255. The highest BCUT2D eigenvalue weighted by Crippen LogP contribution is 2.38. The van der Waals surface area contributed by atoms with Gasteiger partial charge in [0.15, 0.2) is 16.3 Å². The van der Waals surface area contributed by atoms with E-state index < -0.39 is 11.9 Å². The van der Waals surface area contributed by atoms with Crippen LogP contribution in [0.1, 0.15) is 24.1 Å². The molecule has 0 bridgehead atoms. The summed E-state index contributed by atoms with van der Waals surface area (Å²) in [5.74, 6) is 1.34. The Morgan fingerprint density at radius 2 is 1.74 bits per heavy atom. The molecule has 1 aliphatic rings. The van der Waals surface area contributed by atoms with Gasteiger partial charge in [-0.2, -0.15) is 0 Å². The maximum absolute atomic E-state index is 13.7. The van der Waals surface area contributed by atoms with Gasteiger partial charge in [0.05, 0.1) is 50.3 Å². The van der Waals surface area contributed by atoms with Gasteiger partial charge in [0, 0.05) is 0 Å². The van der Waals surface area contributed by atoms with Crippen LogP contribution in [0.15, 0.2) is 57.5 Å². The fourth-order valence-corrected chi connectivity index (χ4v) is 5.15. The number of benzene rings is 2. The van der Waals surface area contributed by atoms with Crippen molar-refractivity contribution >= 4 is 23.3 Å². The van der Waals surface area contributed by atoms with Crippen molar-refractivity contribution in [3.05, 3.63) is 78.5 Å². The van der Waals surface area contributed by atoms with Gasteiger partial charge in [-0.15, -0.1) is 0 Å². The summed E-state index contributed by atoms with van der Waals surface area (Å²) in [6, 6.07) is 9.96. The van der Waals surface area contributed by atoms with E-state index in [0.717, 1.165) is 0 Å². The molecule has 1 aromatic heterocycles. The van der Waals surface area contributed by atoms with Gasteiger partial charge in [0.2, 0.25) is 11.7 Å². The van der Waals surface area contributed by atoms with E-state index in [1.807, 2.05) is 6.07 Å². The van der Waals surface area contributed by atoms with Gasteiger partial charge < -0.3 is 24.7 Å². The number of thiazole rings is 1. The van der Waals surface area contributed by atoms with E-state index >= 15 is 0 Å². The molecule has 0 radical (unpaired) electrons. The summed E-state index contributed by atoms with van der Waals surface area (Å²) in [5.41, 5.74) is 7.51. The molecule has 1 aliphatic heterocycles. The SMILES string of the molecule is COc1cccc(C2C(C(N)=O)=C(C)N=c3sc(=Cc4cc(OC)c(OC)c(OC)c4)c(=O)n32)c1. The fraction of sp³-hybridized carbons (Fsp3) is 0.240. The predicted molar refractivity (Wildman–Crippen MR) is 132 cm³/mol. The smallest absolute Gasteiger partial charge is 0.271 e. The number of allylic oxidation sites excluding steroid dienone is 1. The Morgan fingerprint density at radius 3 is 2.31 bits per heavy atom. The number of aromatic nitrogens is 1. The molecule has 2 aromatic carbocycles. The molecule has 1 atom stereocenters. The third kappa shape index (κ3) is 4.28. The van der Waals surface area contributed by atoms with Crippen LogP contribution in [0.3, 0.4) is 0 Å². The predicted octanol–water partition coefficient (Wildman–Crippen LogP) is 1.75. The van der Waals surface area contributed by atoms with Crippen molar-refractivity contribution in [2.24, 2.45) is 10.7 Å². The number of fused-ring (bicyclic) bond motifs is 1. The molecule has 1 unspecified atom stereocenters. The highest BCUT2D eigenvalue weighted by molar-refractivity contribution is 7.07. The number of primary amides is 1. The molecule has 1 amide bonds. The number of nitrogens with zero attached hydrogens (tertiary/aromatic N) is 2. The first kappa shape index (κ1) is 24.1. The molecule has 0 saturated heterocycles. The molecule has 2 heterocycles. The molecule has 182 valence electrons. The van der Waals surface area contributed by atoms with Crippen molar-refractivity contribution in [2.45, 2.75) is 13.0 Å². The lowest BCUT2D eigenvalue weighted by Crippen LogP contribution is -2.40. The van der Waals surface area contributed by atoms with E-state index in [4.69, 9.17) is 24.7 Å². The summed E-state index contributed by atoms with van der Waals surface area (Å²) < 4.78 is 23.5. The van der Waals surface area contributed by atoms with Crippen LogP contribution in [0.25, 0.3) is 6.08 Å². The number of rotatable bonds is 7. The van der Waals surface area contributed by atoms with E-state index in [0.29, 0.717) is 49.2 Å². The number of methoxy groups -OCH3 is 4. The topological polar surface area (TPSA) is 114 Å². The monoisotopic (exact) mass is 495 g/mol. The van der Waals surface area contributed by atoms with Crippen LogP contribution >= 0.6 is 11.3 Å². The lowest BCUT2D eigenvalue weighted by Gasteiger charge is -2.24. The minimum atomic E-state index is -0.735. The van der Waals surface area contributed by atoms with Crippen LogP contribution in [0.2, 0.25) is 0 Å². The number of amides is 1. The summed E-state index contributed by atoms with van der Waals surface area (Å²) in [4.78, 5) is 31.1. The zero-order chi connectivity index (χ0) is 25.3. The zero-order valence-electron chi connectivity index (χ0n) is 19.9. The van der Waals surface area contributed by atoms with Gasteiger partial charge in [0.1, 0.15) is 5.75 Å². The van der Waals surface area contributed by atoms with Gasteiger partial charge in [0.25, 0.3) is 5.56 Å². The van der Waals surface area contributed by atoms with Crippen molar-refractivity contribution in [3.8, 4) is 23.0 Å². The van der Waals surface area contributed by atoms with Gasteiger partial charge in [-0.05, 0) is 48.4 Å². The van der Waals surface area contributed by atoms with Gasteiger partial charge >= 0.3 is 0 Å². The third-order valence-corrected chi connectivity index (χ3v) is 6.66. The van der Waals surface area contributed by atoms with Crippen LogP contribution in [-0.2, 0) is 4.79 Å². The molecule has 0 saturated carbocycles. The van der Waals surface area contributed by atoms with Crippen molar-refractivity contribution in [2.75, 3.05) is 28.4 Å². The molecule has 35 heavy (non-hydrogen) atoms. The quantitative estimate of drug-likeness (QED) is 0.534. The molecular formula is C25H25N3O6S. The lowest BCUT2D eigenvalue weighted by atomic mass is 9.95.